The van der Waals surface area contributed by atoms with E-state index in [1.54, 1.807) is 11.5 Å². The number of amides is 1. The molecule has 0 saturated heterocycles. The summed E-state index contributed by atoms with van der Waals surface area (Å²) in [4.78, 5) is 24.0. The Morgan fingerprint density at radius 3 is 2.65 bits per heavy atom. The number of hydrogen-bond acceptors (Lipinski definition) is 4. The first kappa shape index (κ1) is 17.3. The molecular weight excluding hydrogens is 312 g/mol. The molecule has 124 valence electrons. The lowest BCUT2D eigenvalue weighted by atomic mass is 10.1. The predicted molar refractivity (Wildman–Crippen MR) is 92.9 cm³/mol. The van der Waals surface area contributed by atoms with Gasteiger partial charge in [0.1, 0.15) is 0 Å². The number of aromatic amines is 1. The van der Waals surface area contributed by atoms with Gasteiger partial charge in [-0.2, -0.15) is 0 Å². The van der Waals surface area contributed by atoms with Gasteiger partial charge >= 0.3 is 5.69 Å². The van der Waals surface area contributed by atoms with Gasteiger partial charge in [-0.3, -0.25) is 9.36 Å². The third kappa shape index (κ3) is 4.48. The number of hydrogen-bond donors (Lipinski definition) is 2. The number of carbonyl (C=O) groups is 1. The molecule has 1 atom stereocenters. The van der Waals surface area contributed by atoms with E-state index in [1.165, 1.54) is 17.3 Å². The molecule has 1 heterocycles. The van der Waals surface area contributed by atoms with E-state index in [1.807, 2.05) is 31.2 Å². The molecule has 1 amide bonds. The highest BCUT2D eigenvalue weighted by molar-refractivity contribution is 8.00. The van der Waals surface area contributed by atoms with Gasteiger partial charge in [-0.25, -0.2) is 9.89 Å². The Morgan fingerprint density at radius 2 is 2.04 bits per heavy atom. The highest BCUT2D eigenvalue weighted by Gasteiger charge is 2.18. The molecule has 7 heteroatoms. The molecule has 0 spiro atoms. The second kappa shape index (κ2) is 8.01. The molecule has 0 bridgehead atoms. The quantitative estimate of drug-likeness (QED) is 0.763. The highest BCUT2D eigenvalue weighted by Crippen LogP contribution is 2.21. The number of anilines is 1. The van der Waals surface area contributed by atoms with E-state index in [-0.39, 0.29) is 16.8 Å². The molecule has 6 nitrogen and oxygen atoms in total. The first-order valence-electron chi connectivity index (χ1n) is 7.76. The zero-order chi connectivity index (χ0) is 16.8. The van der Waals surface area contributed by atoms with Crippen LogP contribution in [0.2, 0.25) is 0 Å². The molecular formula is C16H22N4O2S. The molecule has 2 aromatic rings. The van der Waals surface area contributed by atoms with Crippen molar-refractivity contribution in [3.63, 3.8) is 0 Å². The summed E-state index contributed by atoms with van der Waals surface area (Å²) in [7, 11) is 0. The summed E-state index contributed by atoms with van der Waals surface area (Å²) in [5.41, 5.74) is 1.76. The number of H-pyrrole nitrogens is 1. The van der Waals surface area contributed by atoms with E-state index in [0.717, 1.165) is 18.5 Å². The molecule has 0 aliphatic heterocycles. The van der Waals surface area contributed by atoms with Gasteiger partial charge in [0.05, 0.1) is 5.25 Å². The minimum Gasteiger partial charge on any atom is -0.325 e. The van der Waals surface area contributed by atoms with Crippen LogP contribution in [0.4, 0.5) is 5.69 Å². The summed E-state index contributed by atoms with van der Waals surface area (Å²) in [6, 6.07) is 7.80. The number of nitrogens with one attached hydrogen (secondary N) is 2. The van der Waals surface area contributed by atoms with Crippen molar-refractivity contribution in [2.45, 2.75) is 50.6 Å². The first-order valence-corrected chi connectivity index (χ1v) is 8.64. The lowest BCUT2D eigenvalue weighted by molar-refractivity contribution is -0.115. The SMILES string of the molecule is CCCn1c(SC(C)C(=O)Nc2ccc(CC)cc2)n[nH]c1=O. The van der Waals surface area contributed by atoms with E-state index in [0.29, 0.717) is 11.7 Å². The van der Waals surface area contributed by atoms with Crippen LogP contribution in [0.5, 0.6) is 0 Å². The number of aromatic nitrogens is 3. The third-order valence-electron chi connectivity index (χ3n) is 3.45. The molecule has 0 radical (unpaired) electrons. The fraction of sp³-hybridized carbons (Fsp3) is 0.438. The van der Waals surface area contributed by atoms with Crippen LogP contribution in [0, 0.1) is 0 Å². The van der Waals surface area contributed by atoms with Gasteiger partial charge in [0.2, 0.25) is 5.91 Å². The van der Waals surface area contributed by atoms with Crippen molar-refractivity contribution in [2.75, 3.05) is 5.32 Å². The van der Waals surface area contributed by atoms with Crippen LogP contribution < -0.4 is 11.0 Å². The molecule has 1 aromatic carbocycles. The smallest absolute Gasteiger partial charge is 0.325 e. The van der Waals surface area contributed by atoms with E-state index in [9.17, 15) is 9.59 Å². The van der Waals surface area contributed by atoms with Gasteiger partial charge in [0.15, 0.2) is 5.16 Å². The van der Waals surface area contributed by atoms with Gasteiger partial charge in [-0.15, -0.1) is 5.10 Å². The molecule has 0 aliphatic rings. The van der Waals surface area contributed by atoms with E-state index < -0.39 is 0 Å². The number of carbonyl (C=O) groups excluding carboxylic acids is 1. The largest absolute Gasteiger partial charge is 0.343 e. The second-order valence-electron chi connectivity index (χ2n) is 5.26. The Bertz CT molecular complexity index is 706. The number of thioether (sulfide) groups is 1. The molecule has 0 saturated carbocycles. The summed E-state index contributed by atoms with van der Waals surface area (Å²) >= 11 is 1.27. The van der Waals surface area contributed by atoms with Crippen molar-refractivity contribution >= 4 is 23.4 Å². The summed E-state index contributed by atoms with van der Waals surface area (Å²) in [6.07, 6.45) is 1.80. The number of benzene rings is 1. The van der Waals surface area contributed by atoms with Gasteiger partial charge in [-0.1, -0.05) is 37.7 Å². The zero-order valence-corrected chi connectivity index (χ0v) is 14.4. The minimum absolute atomic E-state index is 0.113. The molecule has 1 aromatic heterocycles. The predicted octanol–water partition coefficient (Wildman–Crippen LogP) is 2.66. The lowest BCUT2D eigenvalue weighted by Crippen LogP contribution is -2.24. The Labute approximate surface area is 139 Å². The molecule has 23 heavy (non-hydrogen) atoms. The van der Waals surface area contributed by atoms with Gasteiger partial charge in [-0.05, 0) is 37.5 Å². The summed E-state index contributed by atoms with van der Waals surface area (Å²) in [5, 5.41) is 9.50. The Balaban J connectivity index is 2.00. The Kier molecular flexibility index (Phi) is 6.04. The van der Waals surface area contributed by atoms with Crippen molar-refractivity contribution < 1.29 is 4.79 Å². The fourth-order valence-corrected chi connectivity index (χ4v) is 2.98. The van der Waals surface area contributed by atoms with Gasteiger partial charge in [0.25, 0.3) is 0 Å². The highest BCUT2D eigenvalue weighted by atomic mass is 32.2. The standard InChI is InChI=1S/C16H22N4O2S/c1-4-10-20-15(22)18-19-16(20)23-11(3)14(21)17-13-8-6-12(5-2)7-9-13/h6-9,11H,4-5,10H2,1-3H3,(H,17,21)(H,18,22). The van der Waals surface area contributed by atoms with Crippen molar-refractivity contribution in [1.82, 2.24) is 14.8 Å². The summed E-state index contributed by atoms with van der Waals surface area (Å²) < 4.78 is 1.56. The monoisotopic (exact) mass is 334 g/mol. The molecule has 0 aliphatic carbocycles. The van der Waals surface area contributed by atoms with Crippen LogP contribution in [0.15, 0.2) is 34.2 Å². The third-order valence-corrected chi connectivity index (χ3v) is 4.54. The van der Waals surface area contributed by atoms with Crippen LogP contribution in [-0.2, 0) is 17.8 Å². The van der Waals surface area contributed by atoms with Crippen LogP contribution >= 0.6 is 11.8 Å². The van der Waals surface area contributed by atoms with E-state index in [4.69, 9.17) is 0 Å². The maximum atomic E-state index is 12.3. The average molecular weight is 334 g/mol. The van der Waals surface area contributed by atoms with Crippen LogP contribution in [0.25, 0.3) is 0 Å². The van der Waals surface area contributed by atoms with Gasteiger partial charge < -0.3 is 5.32 Å². The van der Waals surface area contributed by atoms with Crippen molar-refractivity contribution in [2.24, 2.45) is 0 Å². The normalized spacial score (nSPS) is 12.1. The molecule has 1 unspecified atom stereocenters. The number of aryl methyl sites for hydroxylation is 1. The minimum atomic E-state index is -0.355. The van der Waals surface area contributed by atoms with E-state index >= 15 is 0 Å². The van der Waals surface area contributed by atoms with Crippen LogP contribution in [0.1, 0.15) is 32.8 Å². The first-order chi connectivity index (χ1) is 11.0. The zero-order valence-electron chi connectivity index (χ0n) is 13.6. The molecule has 2 N–H and O–H groups in total. The maximum absolute atomic E-state index is 12.3. The lowest BCUT2D eigenvalue weighted by Gasteiger charge is -2.12. The number of nitrogens with zero attached hydrogens (tertiary/aromatic N) is 2. The van der Waals surface area contributed by atoms with E-state index in [2.05, 4.69) is 22.4 Å². The molecule has 2 rings (SSSR count). The van der Waals surface area contributed by atoms with Gasteiger partial charge in [0, 0.05) is 12.2 Å². The number of rotatable bonds is 7. The Morgan fingerprint density at radius 1 is 1.35 bits per heavy atom. The average Bonchev–Trinajstić information content (AvgIpc) is 2.89. The maximum Gasteiger partial charge on any atom is 0.343 e. The fourth-order valence-electron chi connectivity index (χ4n) is 2.09. The van der Waals surface area contributed by atoms with Crippen molar-refractivity contribution in [3.8, 4) is 0 Å². The Hall–Kier alpha value is -2.02. The van der Waals surface area contributed by atoms with Crippen molar-refractivity contribution in [1.29, 1.82) is 0 Å². The molecule has 0 fully saturated rings. The topological polar surface area (TPSA) is 79.8 Å². The van der Waals surface area contributed by atoms with Crippen molar-refractivity contribution in [3.05, 3.63) is 40.3 Å². The summed E-state index contributed by atoms with van der Waals surface area (Å²) in [5.74, 6) is -0.113. The second-order valence-corrected chi connectivity index (χ2v) is 6.57. The van der Waals surface area contributed by atoms with Crippen LogP contribution in [-0.4, -0.2) is 25.9 Å². The van der Waals surface area contributed by atoms with Crippen LogP contribution in [0.3, 0.4) is 0 Å². The summed E-state index contributed by atoms with van der Waals surface area (Å²) in [6.45, 7) is 6.47.